The zero-order chi connectivity index (χ0) is 8.27. The fourth-order valence-electron chi connectivity index (χ4n) is 1.03. The van der Waals surface area contributed by atoms with Crippen molar-refractivity contribution in [2.75, 3.05) is 0 Å². The maximum Gasteiger partial charge on any atom is 0.0175 e. The van der Waals surface area contributed by atoms with Crippen LogP contribution in [0.1, 0.15) is 31.7 Å². The quantitative estimate of drug-likeness (QED) is 0.697. The fraction of sp³-hybridized carbons (Fsp3) is 0.400. The minimum Gasteiger partial charge on any atom is -0.0648 e. The van der Waals surface area contributed by atoms with E-state index in [1.54, 1.807) is 0 Å². The summed E-state index contributed by atoms with van der Waals surface area (Å²) in [7, 11) is 0. The molecular weight excluding hydrogens is 200 g/mol. The molecule has 1 atom stereocenters. The van der Waals surface area contributed by atoms with Gasteiger partial charge >= 0.3 is 0 Å². The summed E-state index contributed by atoms with van der Waals surface area (Å²) in [6.45, 7) is 4.47. The molecule has 1 rings (SSSR count). The van der Waals surface area contributed by atoms with E-state index in [-0.39, 0.29) is 0 Å². The first-order chi connectivity index (χ1) is 5.24. The second kappa shape index (κ2) is 3.91. The molecule has 0 amide bonds. The van der Waals surface area contributed by atoms with Gasteiger partial charge in [0.2, 0.25) is 0 Å². The van der Waals surface area contributed by atoms with Crippen molar-refractivity contribution in [1.82, 2.24) is 0 Å². The van der Waals surface area contributed by atoms with Gasteiger partial charge in [0.1, 0.15) is 0 Å². The van der Waals surface area contributed by atoms with E-state index in [2.05, 4.69) is 54.0 Å². The van der Waals surface area contributed by atoms with E-state index in [1.807, 2.05) is 0 Å². The molecule has 0 N–H and O–H groups in total. The Labute approximate surface area is 76.8 Å². The molecule has 11 heavy (non-hydrogen) atoms. The number of hydrogen-bond donors (Lipinski definition) is 0. The Morgan fingerprint density at radius 1 is 1.27 bits per heavy atom. The highest BCUT2D eigenvalue weighted by molar-refractivity contribution is 9.10. The number of benzene rings is 1. The molecule has 60 valence electrons. The van der Waals surface area contributed by atoms with Crippen molar-refractivity contribution in [3.05, 3.63) is 34.3 Å². The molecule has 0 radical (unpaired) electrons. The molecule has 0 spiro atoms. The average molecular weight is 213 g/mol. The first-order valence-electron chi connectivity index (χ1n) is 3.99. The largest absolute Gasteiger partial charge is 0.0648 e. The molecular formula is C10H13Br. The van der Waals surface area contributed by atoms with Gasteiger partial charge in [0.15, 0.2) is 0 Å². The summed E-state index contributed by atoms with van der Waals surface area (Å²) < 4.78 is 1.16. The molecule has 0 fully saturated rings. The zero-order valence-corrected chi connectivity index (χ0v) is 8.56. The van der Waals surface area contributed by atoms with Gasteiger partial charge in [-0.05, 0) is 30.0 Å². The summed E-state index contributed by atoms with van der Waals surface area (Å²) in [5.41, 5.74) is 1.43. The van der Waals surface area contributed by atoms with Crippen LogP contribution < -0.4 is 0 Å². The van der Waals surface area contributed by atoms with Gasteiger partial charge in [0, 0.05) is 4.47 Å². The van der Waals surface area contributed by atoms with E-state index in [0.29, 0.717) is 5.92 Å². The lowest BCUT2D eigenvalue weighted by Gasteiger charge is -2.07. The van der Waals surface area contributed by atoms with Crippen molar-refractivity contribution in [3.63, 3.8) is 0 Å². The Kier molecular flexibility index (Phi) is 3.13. The van der Waals surface area contributed by atoms with E-state index in [1.165, 1.54) is 12.0 Å². The summed E-state index contributed by atoms with van der Waals surface area (Å²) in [4.78, 5) is 0. The fourth-order valence-corrected chi connectivity index (χ4v) is 1.29. The first-order valence-corrected chi connectivity index (χ1v) is 4.78. The minimum absolute atomic E-state index is 0.683. The second-order valence-electron chi connectivity index (χ2n) is 2.86. The minimum atomic E-state index is 0.683. The summed E-state index contributed by atoms with van der Waals surface area (Å²) in [5, 5.41) is 0. The Morgan fingerprint density at radius 3 is 2.27 bits per heavy atom. The van der Waals surface area contributed by atoms with Crippen molar-refractivity contribution < 1.29 is 0 Å². The molecule has 0 heterocycles. The predicted octanol–water partition coefficient (Wildman–Crippen LogP) is 3.96. The maximum atomic E-state index is 3.42. The van der Waals surface area contributed by atoms with E-state index in [0.717, 1.165) is 4.47 Å². The molecule has 0 bridgehead atoms. The molecule has 0 saturated heterocycles. The van der Waals surface area contributed by atoms with Gasteiger partial charge in [-0.15, -0.1) is 0 Å². The first kappa shape index (κ1) is 8.79. The van der Waals surface area contributed by atoms with E-state index in [4.69, 9.17) is 0 Å². The smallest absolute Gasteiger partial charge is 0.0175 e. The second-order valence-corrected chi connectivity index (χ2v) is 3.78. The molecule has 1 heteroatoms. The van der Waals surface area contributed by atoms with Crippen LogP contribution in [0.15, 0.2) is 28.7 Å². The van der Waals surface area contributed by atoms with Gasteiger partial charge in [-0.25, -0.2) is 0 Å². The molecule has 0 aliphatic rings. The standard InChI is InChI=1S/C10H13Br/c1-3-8(2)9-4-6-10(11)7-5-9/h4-8H,3H2,1-2H3/t8-/m0/s1. The van der Waals surface area contributed by atoms with Crippen molar-refractivity contribution >= 4 is 15.9 Å². The van der Waals surface area contributed by atoms with Gasteiger partial charge in [-0.3, -0.25) is 0 Å². The third kappa shape index (κ3) is 2.33. The van der Waals surface area contributed by atoms with Gasteiger partial charge in [-0.1, -0.05) is 41.9 Å². The molecule has 0 nitrogen and oxygen atoms in total. The molecule has 0 aliphatic carbocycles. The summed E-state index contributed by atoms with van der Waals surface area (Å²) >= 11 is 3.42. The lowest BCUT2D eigenvalue weighted by Crippen LogP contribution is -1.89. The van der Waals surface area contributed by atoms with Crippen molar-refractivity contribution in [2.45, 2.75) is 26.2 Å². The molecule has 1 aromatic carbocycles. The van der Waals surface area contributed by atoms with Crippen LogP contribution in [0.25, 0.3) is 0 Å². The highest BCUT2D eigenvalue weighted by atomic mass is 79.9. The average Bonchev–Trinajstić information content (AvgIpc) is 2.05. The lowest BCUT2D eigenvalue weighted by molar-refractivity contribution is 0.733. The van der Waals surface area contributed by atoms with Crippen LogP contribution in [0.3, 0.4) is 0 Å². The van der Waals surface area contributed by atoms with E-state index in [9.17, 15) is 0 Å². The van der Waals surface area contributed by atoms with Crippen LogP contribution in [-0.4, -0.2) is 0 Å². The summed E-state index contributed by atoms with van der Waals surface area (Å²) in [5.74, 6) is 0.683. The van der Waals surface area contributed by atoms with Gasteiger partial charge < -0.3 is 0 Å². The highest BCUT2D eigenvalue weighted by Crippen LogP contribution is 2.20. The molecule has 0 aliphatic heterocycles. The van der Waals surface area contributed by atoms with Gasteiger partial charge in [0.25, 0.3) is 0 Å². The van der Waals surface area contributed by atoms with Crippen LogP contribution in [-0.2, 0) is 0 Å². The third-order valence-electron chi connectivity index (χ3n) is 2.05. The van der Waals surface area contributed by atoms with Crippen LogP contribution in [0, 0.1) is 0 Å². The summed E-state index contributed by atoms with van der Waals surface area (Å²) in [6, 6.07) is 8.56. The summed E-state index contributed by atoms with van der Waals surface area (Å²) in [6.07, 6.45) is 1.21. The van der Waals surface area contributed by atoms with Crippen molar-refractivity contribution in [2.24, 2.45) is 0 Å². The van der Waals surface area contributed by atoms with E-state index >= 15 is 0 Å². The Hall–Kier alpha value is -0.300. The Morgan fingerprint density at radius 2 is 1.82 bits per heavy atom. The Balaban J connectivity index is 2.81. The highest BCUT2D eigenvalue weighted by Gasteiger charge is 2.00. The SMILES string of the molecule is CC[C@H](C)c1ccc(Br)cc1. The van der Waals surface area contributed by atoms with Gasteiger partial charge in [0.05, 0.1) is 0 Å². The molecule has 0 saturated carbocycles. The van der Waals surface area contributed by atoms with Crippen LogP contribution in [0.5, 0.6) is 0 Å². The molecule has 0 unspecified atom stereocenters. The Bertz CT molecular complexity index is 213. The van der Waals surface area contributed by atoms with Crippen LogP contribution in [0.4, 0.5) is 0 Å². The van der Waals surface area contributed by atoms with Gasteiger partial charge in [-0.2, -0.15) is 0 Å². The lowest BCUT2D eigenvalue weighted by atomic mass is 9.99. The maximum absolute atomic E-state index is 3.42. The van der Waals surface area contributed by atoms with Crippen LogP contribution >= 0.6 is 15.9 Å². The third-order valence-corrected chi connectivity index (χ3v) is 2.58. The number of halogens is 1. The monoisotopic (exact) mass is 212 g/mol. The van der Waals surface area contributed by atoms with E-state index < -0.39 is 0 Å². The molecule has 1 aromatic rings. The van der Waals surface area contributed by atoms with Crippen LogP contribution in [0.2, 0.25) is 0 Å². The predicted molar refractivity (Wildman–Crippen MR) is 52.8 cm³/mol. The molecule has 0 aromatic heterocycles. The van der Waals surface area contributed by atoms with Crippen molar-refractivity contribution in [1.29, 1.82) is 0 Å². The number of hydrogen-bond acceptors (Lipinski definition) is 0. The topological polar surface area (TPSA) is 0 Å². The zero-order valence-electron chi connectivity index (χ0n) is 6.97. The normalized spacial score (nSPS) is 13.0. The number of rotatable bonds is 2. The van der Waals surface area contributed by atoms with Crippen molar-refractivity contribution in [3.8, 4) is 0 Å².